The number of halogens is 2. The SMILES string of the molecule is O=c1ncn2nc(OC3C=CCCC3)ccc2c1-c1c(Cl)cccc1Cl. The lowest BCUT2D eigenvalue weighted by Crippen LogP contribution is -2.18. The fourth-order valence-electron chi connectivity index (χ4n) is 3.06. The van der Waals surface area contributed by atoms with E-state index in [1.54, 1.807) is 30.3 Å². The van der Waals surface area contributed by atoms with Crippen molar-refractivity contribution in [2.45, 2.75) is 25.4 Å². The van der Waals surface area contributed by atoms with Crippen molar-refractivity contribution in [2.24, 2.45) is 0 Å². The summed E-state index contributed by atoms with van der Waals surface area (Å²) in [7, 11) is 0. The first-order valence-corrected chi connectivity index (χ1v) is 9.05. The normalized spacial score (nSPS) is 16.8. The third kappa shape index (κ3) is 3.20. The van der Waals surface area contributed by atoms with E-state index in [1.807, 2.05) is 6.08 Å². The summed E-state index contributed by atoms with van der Waals surface area (Å²) < 4.78 is 7.42. The van der Waals surface area contributed by atoms with Gasteiger partial charge in [0.2, 0.25) is 5.88 Å². The van der Waals surface area contributed by atoms with Gasteiger partial charge in [0, 0.05) is 11.6 Å². The Morgan fingerprint density at radius 2 is 1.92 bits per heavy atom. The number of rotatable bonds is 3. The van der Waals surface area contributed by atoms with Gasteiger partial charge in [-0.15, -0.1) is 5.10 Å². The van der Waals surface area contributed by atoms with Crippen molar-refractivity contribution in [2.75, 3.05) is 0 Å². The van der Waals surface area contributed by atoms with Gasteiger partial charge in [0.25, 0.3) is 5.56 Å². The summed E-state index contributed by atoms with van der Waals surface area (Å²) in [5.41, 5.74) is 0.925. The van der Waals surface area contributed by atoms with E-state index >= 15 is 0 Å². The van der Waals surface area contributed by atoms with Gasteiger partial charge < -0.3 is 4.74 Å². The molecule has 132 valence electrons. The molecule has 1 aromatic carbocycles. The monoisotopic (exact) mass is 387 g/mol. The van der Waals surface area contributed by atoms with Crippen molar-refractivity contribution >= 4 is 28.7 Å². The van der Waals surface area contributed by atoms with E-state index in [1.165, 1.54) is 10.8 Å². The van der Waals surface area contributed by atoms with Crippen molar-refractivity contribution in [1.82, 2.24) is 14.6 Å². The summed E-state index contributed by atoms with van der Waals surface area (Å²) in [5, 5.41) is 5.20. The van der Waals surface area contributed by atoms with E-state index in [2.05, 4.69) is 16.2 Å². The zero-order valence-electron chi connectivity index (χ0n) is 13.7. The number of allylic oxidation sites excluding steroid dienone is 1. The van der Waals surface area contributed by atoms with Crippen LogP contribution >= 0.6 is 23.2 Å². The van der Waals surface area contributed by atoms with Gasteiger partial charge in [-0.05, 0) is 43.5 Å². The van der Waals surface area contributed by atoms with E-state index in [-0.39, 0.29) is 6.10 Å². The van der Waals surface area contributed by atoms with Gasteiger partial charge in [-0.1, -0.05) is 35.3 Å². The molecule has 0 amide bonds. The first kappa shape index (κ1) is 17.1. The van der Waals surface area contributed by atoms with Crippen LogP contribution in [0.25, 0.3) is 16.6 Å². The second-order valence-corrected chi connectivity index (χ2v) is 6.85. The molecular formula is C19H15Cl2N3O2. The highest BCUT2D eigenvalue weighted by atomic mass is 35.5. The molecule has 2 aromatic heterocycles. The van der Waals surface area contributed by atoms with Crippen LogP contribution in [-0.4, -0.2) is 20.7 Å². The highest BCUT2D eigenvalue weighted by Crippen LogP contribution is 2.34. The minimum absolute atomic E-state index is 0.0125. The number of hydrogen-bond donors (Lipinski definition) is 0. The molecule has 0 aliphatic heterocycles. The quantitative estimate of drug-likeness (QED) is 0.618. The molecule has 1 unspecified atom stereocenters. The predicted molar refractivity (Wildman–Crippen MR) is 102 cm³/mol. The average molecular weight is 388 g/mol. The van der Waals surface area contributed by atoms with Gasteiger partial charge in [-0.2, -0.15) is 4.98 Å². The van der Waals surface area contributed by atoms with Crippen LogP contribution in [0.15, 0.2) is 53.6 Å². The first-order chi connectivity index (χ1) is 12.6. The minimum atomic E-state index is -0.411. The molecule has 4 rings (SSSR count). The van der Waals surface area contributed by atoms with Crippen molar-refractivity contribution in [3.8, 4) is 17.0 Å². The molecule has 2 heterocycles. The molecule has 0 bridgehead atoms. The Bertz CT molecular complexity index is 1040. The lowest BCUT2D eigenvalue weighted by molar-refractivity contribution is 0.218. The molecular weight excluding hydrogens is 373 g/mol. The molecule has 26 heavy (non-hydrogen) atoms. The maximum atomic E-state index is 12.4. The van der Waals surface area contributed by atoms with Gasteiger partial charge in [-0.25, -0.2) is 4.52 Å². The van der Waals surface area contributed by atoms with Gasteiger partial charge >= 0.3 is 0 Å². The molecule has 0 saturated heterocycles. The van der Waals surface area contributed by atoms with Crippen LogP contribution in [0.4, 0.5) is 0 Å². The fourth-order valence-corrected chi connectivity index (χ4v) is 3.64. The fraction of sp³-hybridized carbons (Fsp3) is 0.211. The van der Waals surface area contributed by atoms with Crippen molar-refractivity contribution in [3.63, 3.8) is 0 Å². The van der Waals surface area contributed by atoms with Gasteiger partial charge in [0.1, 0.15) is 12.4 Å². The molecule has 1 atom stereocenters. The molecule has 1 aliphatic carbocycles. The summed E-state index contributed by atoms with van der Waals surface area (Å²) in [4.78, 5) is 16.3. The maximum Gasteiger partial charge on any atom is 0.281 e. The van der Waals surface area contributed by atoms with Crippen LogP contribution < -0.4 is 10.3 Å². The number of nitrogens with zero attached hydrogens (tertiary/aromatic N) is 3. The zero-order valence-corrected chi connectivity index (χ0v) is 15.2. The Labute approximate surface area is 159 Å². The van der Waals surface area contributed by atoms with Crippen LogP contribution in [0.1, 0.15) is 19.3 Å². The number of aromatic nitrogens is 3. The van der Waals surface area contributed by atoms with Crippen LogP contribution in [0.5, 0.6) is 5.88 Å². The zero-order chi connectivity index (χ0) is 18.1. The molecule has 0 radical (unpaired) electrons. The minimum Gasteiger partial charge on any atom is -0.469 e. The number of fused-ring (bicyclic) bond motifs is 1. The number of ether oxygens (including phenoxy) is 1. The number of hydrogen-bond acceptors (Lipinski definition) is 4. The first-order valence-electron chi connectivity index (χ1n) is 8.30. The average Bonchev–Trinajstić information content (AvgIpc) is 2.64. The van der Waals surface area contributed by atoms with Crippen molar-refractivity contribution < 1.29 is 4.74 Å². The van der Waals surface area contributed by atoms with Crippen LogP contribution in [0.2, 0.25) is 10.0 Å². The number of benzene rings is 1. The standard InChI is InChI=1S/C19H15Cl2N3O2/c20-13-7-4-8-14(21)17(13)18-15-9-10-16(23-24(15)11-22-19(18)25)26-12-5-2-1-3-6-12/h2,4-5,7-12H,1,3,6H2. The van der Waals surface area contributed by atoms with E-state index in [0.29, 0.717) is 32.6 Å². The highest BCUT2D eigenvalue weighted by Gasteiger charge is 2.17. The molecule has 7 heteroatoms. The predicted octanol–water partition coefficient (Wildman–Crippen LogP) is 4.55. The second kappa shape index (κ2) is 7.09. The molecule has 0 spiro atoms. The van der Waals surface area contributed by atoms with Gasteiger partial charge in [0.15, 0.2) is 0 Å². The molecule has 3 aromatic rings. The van der Waals surface area contributed by atoms with Gasteiger partial charge in [-0.3, -0.25) is 4.79 Å². The maximum absolute atomic E-state index is 12.4. The Hall–Kier alpha value is -2.37. The Morgan fingerprint density at radius 3 is 2.65 bits per heavy atom. The summed E-state index contributed by atoms with van der Waals surface area (Å²) in [6.07, 6.45) is 8.68. The highest BCUT2D eigenvalue weighted by molar-refractivity contribution is 6.39. The van der Waals surface area contributed by atoms with Crippen LogP contribution in [-0.2, 0) is 0 Å². The van der Waals surface area contributed by atoms with Crippen molar-refractivity contribution in [1.29, 1.82) is 0 Å². The molecule has 1 aliphatic rings. The molecule has 0 fully saturated rings. The Balaban J connectivity index is 1.82. The third-order valence-electron chi connectivity index (χ3n) is 4.29. The van der Waals surface area contributed by atoms with E-state index < -0.39 is 5.56 Å². The van der Waals surface area contributed by atoms with Crippen molar-refractivity contribution in [3.05, 3.63) is 69.2 Å². The van der Waals surface area contributed by atoms with E-state index in [0.717, 1.165) is 19.3 Å². The molecule has 5 nitrogen and oxygen atoms in total. The van der Waals surface area contributed by atoms with E-state index in [4.69, 9.17) is 27.9 Å². The largest absolute Gasteiger partial charge is 0.469 e. The Kier molecular flexibility index (Phi) is 4.66. The summed E-state index contributed by atoms with van der Waals surface area (Å²) in [6.45, 7) is 0. The lowest BCUT2D eigenvalue weighted by atomic mass is 10.1. The topological polar surface area (TPSA) is 56.5 Å². The summed E-state index contributed by atoms with van der Waals surface area (Å²) >= 11 is 12.6. The van der Waals surface area contributed by atoms with E-state index in [9.17, 15) is 4.79 Å². The third-order valence-corrected chi connectivity index (χ3v) is 4.92. The lowest BCUT2D eigenvalue weighted by Gasteiger charge is -2.18. The van der Waals surface area contributed by atoms with Crippen LogP contribution in [0.3, 0.4) is 0 Å². The molecule has 0 saturated carbocycles. The molecule has 0 N–H and O–H groups in total. The van der Waals surface area contributed by atoms with Gasteiger partial charge in [0.05, 0.1) is 21.1 Å². The summed E-state index contributed by atoms with van der Waals surface area (Å²) in [6, 6.07) is 8.61. The Morgan fingerprint density at radius 1 is 1.12 bits per heavy atom. The van der Waals surface area contributed by atoms with Crippen LogP contribution in [0, 0.1) is 0 Å². The smallest absolute Gasteiger partial charge is 0.281 e. The summed E-state index contributed by atoms with van der Waals surface area (Å²) in [5.74, 6) is 0.468. The second-order valence-electron chi connectivity index (χ2n) is 6.04.